The Morgan fingerprint density at radius 1 is 1.00 bits per heavy atom. The predicted molar refractivity (Wildman–Crippen MR) is 102 cm³/mol. The fraction of sp³-hybridized carbons (Fsp3) is 0.200. The van der Waals surface area contributed by atoms with Gasteiger partial charge in [0.2, 0.25) is 0 Å². The van der Waals surface area contributed by atoms with Crippen molar-refractivity contribution >= 4 is 34.8 Å². The third-order valence-electron chi connectivity index (χ3n) is 3.93. The summed E-state index contributed by atoms with van der Waals surface area (Å²) in [6.07, 6.45) is 0. The van der Waals surface area contributed by atoms with Crippen LogP contribution < -0.4 is 9.64 Å². The molecule has 0 saturated carbocycles. The topological polar surface area (TPSA) is 46.6 Å². The molecule has 0 N–H and O–H groups in total. The Morgan fingerprint density at radius 2 is 1.70 bits per heavy atom. The SMILES string of the molecule is CCOc1ccc(C2=C(SCC)C(=O)N(c3cc(F)ccc3F)C2=O)cc1. The Labute approximate surface area is 159 Å². The van der Waals surface area contributed by atoms with Gasteiger partial charge in [0, 0.05) is 6.07 Å². The van der Waals surface area contributed by atoms with Gasteiger partial charge in [0.15, 0.2) is 0 Å². The zero-order valence-corrected chi connectivity index (χ0v) is 15.6. The van der Waals surface area contributed by atoms with Gasteiger partial charge in [-0.25, -0.2) is 13.7 Å². The molecule has 0 unspecified atom stereocenters. The van der Waals surface area contributed by atoms with E-state index in [1.165, 1.54) is 11.8 Å². The third-order valence-corrected chi connectivity index (χ3v) is 4.89. The second kappa shape index (κ2) is 7.92. The molecule has 1 heterocycles. The fourth-order valence-electron chi connectivity index (χ4n) is 2.80. The maximum absolute atomic E-state index is 14.2. The average Bonchev–Trinajstić information content (AvgIpc) is 2.89. The van der Waals surface area contributed by atoms with Crippen LogP contribution in [0.4, 0.5) is 14.5 Å². The quantitative estimate of drug-likeness (QED) is 0.687. The monoisotopic (exact) mass is 389 g/mol. The van der Waals surface area contributed by atoms with Gasteiger partial charge in [0.1, 0.15) is 17.4 Å². The van der Waals surface area contributed by atoms with Crippen molar-refractivity contribution in [3.05, 3.63) is 64.6 Å². The number of ether oxygens (including phenoxy) is 1. The molecule has 0 fully saturated rings. The van der Waals surface area contributed by atoms with Crippen LogP contribution in [0.3, 0.4) is 0 Å². The molecular weight excluding hydrogens is 372 g/mol. The number of anilines is 1. The lowest BCUT2D eigenvalue weighted by atomic mass is 10.1. The number of thioether (sulfide) groups is 1. The first-order valence-corrected chi connectivity index (χ1v) is 9.40. The molecule has 0 saturated heterocycles. The Bertz CT molecular complexity index is 925. The summed E-state index contributed by atoms with van der Waals surface area (Å²) < 4.78 is 33.2. The van der Waals surface area contributed by atoms with Crippen LogP contribution in [0.15, 0.2) is 47.4 Å². The maximum Gasteiger partial charge on any atom is 0.272 e. The van der Waals surface area contributed by atoms with E-state index in [4.69, 9.17) is 4.74 Å². The summed E-state index contributed by atoms with van der Waals surface area (Å²) in [5, 5.41) is 0. The lowest BCUT2D eigenvalue weighted by Crippen LogP contribution is -2.32. The van der Waals surface area contributed by atoms with Crippen molar-refractivity contribution in [1.29, 1.82) is 0 Å². The van der Waals surface area contributed by atoms with Crippen molar-refractivity contribution in [2.24, 2.45) is 0 Å². The summed E-state index contributed by atoms with van der Waals surface area (Å²) in [5.74, 6) is -1.71. The number of rotatable bonds is 6. The number of hydrogen-bond acceptors (Lipinski definition) is 4. The lowest BCUT2D eigenvalue weighted by Gasteiger charge is -2.16. The van der Waals surface area contributed by atoms with E-state index < -0.39 is 23.4 Å². The molecule has 0 aromatic heterocycles. The number of imide groups is 1. The summed E-state index contributed by atoms with van der Waals surface area (Å²) >= 11 is 1.20. The van der Waals surface area contributed by atoms with Crippen molar-refractivity contribution in [1.82, 2.24) is 0 Å². The van der Waals surface area contributed by atoms with Crippen LogP contribution in [0, 0.1) is 11.6 Å². The van der Waals surface area contributed by atoms with Crippen LogP contribution in [-0.4, -0.2) is 24.2 Å². The van der Waals surface area contributed by atoms with E-state index in [0.29, 0.717) is 28.6 Å². The van der Waals surface area contributed by atoms with Crippen LogP contribution in [0.5, 0.6) is 5.75 Å². The van der Waals surface area contributed by atoms with Crippen molar-refractivity contribution < 1.29 is 23.1 Å². The third kappa shape index (κ3) is 3.60. The maximum atomic E-state index is 14.2. The molecule has 27 heavy (non-hydrogen) atoms. The highest BCUT2D eigenvalue weighted by Crippen LogP contribution is 2.39. The molecule has 0 spiro atoms. The molecule has 0 radical (unpaired) electrons. The number of carbonyl (C=O) groups is 2. The Balaban J connectivity index is 2.06. The van der Waals surface area contributed by atoms with E-state index in [0.717, 1.165) is 18.2 Å². The molecule has 1 aliphatic rings. The van der Waals surface area contributed by atoms with Crippen molar-refractivity contribution in [3.8, 4) is 5.75 Å². The predicted octanol–water partition coefficient (Wildman–Crippen LogP) is 4.40. The van der Waals surface area contributed by atoms with Crippen molar-refractivity contribution in [2.75, 3.05) is 17.3 Å². The molecule has 2 aromatic rings. The second-order valence-corrected chi connectivity index (χ2v) is 6.91. The summed E-state index contributed by atoms with van der Waals surface area (Å²) in [6.45, 7) is 4.21. The number of hydrogen-bond donors (Lipinski definition) is 0. The Kier molecular flexibility index (Phi) is 5.60. The van der Waals surface area contributed by atoms with Crippen LogP contribution >= 0.6 is 11.8 Å². The first-order chi connectivity index (χ1) is 13.0. The molecule has 2 aromatic carbocycles. The highest BCUT2D eigenvalue weighted by molar-refractivity contribution is 8.04. The van der Waals surface area contributed by atoms with Crippen LogP contribution in [0.25, 0.3) is 5.57 Å². The van der Waals surface area contributed by atoms with Gasteiger partial charge < -0.3 is 4.74 Å². The highest BCUT2D eigenvalue weighted by atomic mass is 32.2. The van der Waals surface area contributed by atoms with Gasteiger partial charge >= 0.3 is 0 Å². The van der Waals surface area contributed by atoms with Crippen LogP contribution in [0.1, 0.15) is 19.4 Å². The zero-order chi connectivity index (χ0) is 19.6. The first-order valence-electron chi connectivity index (χ1n) is 8.42. The van der Waals surface area contributed by atoms with Gasteiger partial charge in [-0.3, -0.25) is 9.59 Å². The first kappa shape index (κ1) is 19.1. The van der Waals surface area contributed by atoms with Crippen LogP contribution in [0.2, 0.25) is 0 Å². The Morgan fingerprint density at radius 3 is 2.33 bits per heavy atom. The van der Waals surface area contributed by atoms with Gasteiger partial charge in [-0.05, 0) is 42.5 Å². The van der Waals surface area contributed by atoms with E-state index >= 15 is 0 Å². The fourth-order valence-corrected chi connectivity index (χ4v) is 3.66. The van der Waals surface area contributed by atoms with Crippen LogP contribution in [-0.2, 0) is 9.59 Å². The lowest BCUT2D eigenvalue weighted by molar-refractivity contribution is -0.119. The molecule has 1 aliphatic heterocycles. The largest absolute Gasteiger partial charge is 0.494 e. The number of benzene rings is 2. The minimum Gasteiger partial charge on any atom is -0.494 e. The van der Waals surface area contributed by atoms with Gasteiger partial charge in [-0.15, -0.1) is 11.8 Å². The van der Waals surface area contributed by atoms with E-state index in [2.05, 4.69) is 0 Å². The number of nitrogens with zero attached hydrogens (tertiary/aromatic N) is 1. The van der Waals surface area contributed by atoms with Gasteiger partial charge in [-0.1, -0.05) is 19.1 Å². The van der Waals surface area contributed by atoms with E-state index in [-0.39, 0.29) is 16.2 Å². The van der Waals surface area contributed by atoms with Crippen molar-refractivity contribution in [2.45, 2.75) is 13.8 Å². The minimum atomic E-state index is -0.841. The minimum absolute atomic E-state index is 0.179. The summed E-state index contributed by atoms with van der Waals surface area (Å²) in [4.78, 5) is 26.7. The molecule has 0 bridgehead atoms. The van der Waals surface area contributed by atoms with Gasteiger partial charge in [0.05, 0.1) is 22.8 Å². The second-order valence-electron chi connectivity index (χ2n) is 5.64. The molecule has 0 aliphatic carbocycles. The smallest absolute Gasteiger partial charge is 0.272 e. The molecular formula is C20H17F2NO3S. The number of amides is 2. The molecule has 140 valence electrons. The van der Waals surface area contributed by atoms with Gasteiger partial charge in [-0.2, -0.15) is 0 Å². The zero-order valence-electron chi connectivity index (χ0n) is 14.8. The Hall–Kier alpha value is -2.67. The summed E-state index contributed by atoms with van der Waals surface area (Å²) in [5.41, 5.74) is 0.311. The average molecular weight is 389 g/mol. The molecule has 0 atom stereocenters. The summed E-state index contributed by atoms with van der Waals surface area (Å²) in [6, 6.07) is 9.42. The normalized spacial score (nSPS) is 14.3. The van der Waals surface area contributed by atoms with E-state index in [9.17, 15) is 18.4 Å². The van der Waals surface area contributed by atoms with Crippen molar-refractivity contribution in [3.63, 3.8) is 0 Å². The van der Waals surface area contributed by atoms with E-state index in [1.807, 2.05) is 13.8 Å². The highest BCUT2D eigenvalue weighted by Gasteiger charge is 2.41. The summed E-state index contributed by atoms with van der Waals surface area (Å²) in [7, 11) is 0. The number of carbonyl (C=O) groups excluding carboxylic acids is 2. The number of halogens is 2. The molecule has 2 amide bonds. The molecule has 4 nitrogen and oxygen atoms in total. The molecule has 3 rings (SSSR count). The van der Waals surface area contributed by atoms with E-state index in [1.54, 1.807) is 24.3 Å². The standard InChI is InChI=1S/C20H17F2NO3S/c1-3-26-14-8-5-12(6-9-14)17-18(27-4-2)20(25)23(19(17)24)16-11-13(21)7-10-15(16)22/h5-11H,3-4H2,1-2H3. The molecule has 7 heteroatoms. The van der Waals surface area contributed by atoms with Gasteiger partial charge in [0.25, 0.3) is 11.8 Å².